The molecule has 0 radical (unpaired) electrons. The lowest BCUT2D eigenvalue weighted by Crippen LogP contribution is -2.14. The quantitative estimate of drug-likeness (QED) is 0.594. The number of amides is 1. The number of rotatable bonds is 5. The van der Waals surface area contributed by atoms with Crippen LogP contribution < -0.4 is 5.32 Å². The smallest absolute Gasteiger partial charge is 0.258 e. The fourth-order valence-electron chi connectivity index (χ4n) is 2.71. The van der Waals surface area contributed by atoms with Crippen LogP contribution in [-0.2, 0) is 11.2 Å². The van der Waals surface area contributed by atoms with Gasteiger partial charge in [-0.3, -0.25) is 4.79 Å². The summed E-state index contributed by atoms with van der Waals surface area (Å²) < 4.78 is 0. The predicted octanol–water partition coefficient (Wildman–Crippen LogP) is 5.19. The second-order valence-corrected chi connectivity index (χ2v) is 8.55. The number of hydrogen-bond donors (Lipinski definition) is 1. The number of anilines is 1. The monoisotopic (exact) mass is 402 g/mol. The summed E-state index contributed by atoms with van der Waals surface area (Å²) in [4.78, 5) is 21.2. The van der Waals surface area contributed by atoms with E-state index in [0.717, 1.165) is 11.3 Å². The summed E-state index contributed by atoms with van der Waals surface area (Å²) in [6, 6.07) is 17.1. The molecule has 1 amide bonds. The summed E-state index contributed by atoms with van der Waals surface area (Å²) in [6.07, 6.45) is 3.28. The van der Waals surface area contributed by atoms with E-state index >= 15 is 0 Å². The minimum Gasteiger partial charge on any atom is -0.322 e. The standard InChI is InChI=1S/C23H22N4OS/c1-23(2,3)17-6-8-18(9-7-17)27-21(28)20-5-4-11-26-22(20)29-15-16-10-12-25-19(13-16)14-24/h4-13H,15H2,1-3H3,(H,27,28). The van der Waals surface area contributed by atoms with Crippen molar-refractivity contribution in [3.05, 3.63) is 83.3 Å². The molecule has 5 nitrogen and oxygen atoms in total. The fourth-order valence-corrected chi connectivity index (χ4v) is 3.64. The van der Waals surface area contributed by atoms with E-state index in [4.69, 9.17) is 5.26 Å². The van der Waals surface area contributed by atoms with E-state index in [1.54, 1.807) is 30.6 Å². The molecule has 1 N–H and O–H groups in total. The number of aromatic nitrogens is 2. The molecule has 6 heteroatoms. The number of nitrogens with zero attached hydrogens (tertiary/aromatic N) is 3. The normalized spacial score (nSPS) is 11.0. The van der Waals surface area contributed by atoms with Gasteiger partial charge in [-0.05, 0) is 52.9 Å². The van der Waals surface area contributed by atoms with Crippen LogP contribution in [0.2, 0.25) is 0 Å². The summed E-state index contributed by atoms with van der Waals surface area (Å²) >= 11 is 1.45. The Labute approximate surface area is 175 Å². The molecule has 0 aliphatic rings. The summed E-state index contributed by atoms with van der Waals surface area (Å²) in [6.45, 7) is 6.46. The van der Waals surface area contributed by atoms with Crippen molar-refractivity contribution < 1.29 is 4.79 Å². The number of nitrogens with one attached hydrogen (secondary N) is 1. The Kier molecular flexibility index (Phi) is 6.30. The van der Waals surface area contributed by atoms with Gasteiger partial charge in [0.2, 0.25) is 0 Å². The highest BCUT2D eigenvalue weighted by Gasteiger charge is 2.15. The number of benzene rings is 1. The average molecular weight is 403 g/mol. The van der Waals surface area contributed by atoms with Gasteiger partial charge in [0.05, 0.1) is 5.56 Å². The fraction of sp³-hybridized carbons (Fsp3) is 0.217. The summed E-state index contributed by atoms with van der Waals surface area (Å²) in [5, 5.41) is 12.6. The van der Waals surface area contributed by atoms with Crippen LogP contribution in [0.15, 0.2) is 66.0 Å². The number of carbonyl (C=O) groups excluding carboxylic acids is 1. The molecule has 3 aromatic rings. The molecule has 0 unspecified atom stereocenters. The Bertz CT molecular complexity index is 1050. The largest absolute Gasteiger partial charge is 0.322 e. The van der Waals surface area contributed by atoms with E-state index in [1.165, 1.54) is 17.3 Å². The van der Waals surface area contributed by atoms with E-state index in [0.29, 0.717) is 22.0 Å². The van der Waals surface area contributed by atoms with Gasteiger partial charge in [0.1, 0.15) is 16.8 Å². The van der Waals surface area contributed by atoms with Gasteiger partial charge in [0.25, 0.3) is 5.91 Å². The predicted molar refractivity (Wildman–Crippen MR) is 116 cm³/mol. The first-order valence-electron chi connectivity index (χ1n) is 9.21. The van der Waals surface area contributed by atoms with Crippen molar-refractivity contribution >= 4 is 23.4 Å². The molecule has 0 saturated carbocycles. The minimum atomic E-state index is -0.198. The Morgan fingerprint density at radius 2 is 1.86 bits per heavy atom. The Balaban J connectivity index is 1.72. The number of carbonyl (C=O) groups is 1. The van der Waals surface area contributed by atoms with Crippen molar-refractivity contribution in [3.8, 4) is 6.07 Å². The number of pyridine rings is 2. The van der Waals surface area contributed by atoms with Crippen LogP contribution in [0.4, 0.5) is 5.69 Å². The summed E-state index contributed by atoms with van der Waals surface area (Å²) in [5.41, 5.74) is 3.87. The van der Waals surface area contributed by atoms with Gasteiger partial charge < -0.3 is 5.32 Å². The van der Waals surface area contributed by atoms with Crippen LogP contribution in [0.3, 0.4) is 0 Å². The second kappa shape index (κ2) is 8.89. The van der Waals surface area contributed by atoms with Crippen LogP contribution in [0.1, 0.15) is 48.0 Å². The zero-order chi connectivity index (χ0) is 20.9. The lowest BCUT2D eigenvalue weighted by Gasteiger charge is -2.19. The highest BCUT2D eigenvalue weighted by molar-refractivity contribution is 7.98. The van der Waals surface area contributed by atoms with Crippen molar-refractivity contribution in [1.29, 1.82) is 5.26 Å². The molecule has 2 heterocycles. The molecule has 1 aromatic carbocycles. The molecule has 3 rings (SSSR count). The Morgan fingerprint density at radius 3 is 2.55 bits per heavy atom. The van der Waals surface area contributed by atoms with Crippen molar-refractivity contribution in [2.45, 2.75) is 37.0 Å². The van der Waals surface area contributed by atoms with E-state index in [9.17, 15) is 4.79 Å². The van der Waals surface area contributed by atoms with Crippen LogP contribution in [0.25, 0.3) is 0 Å². The van der Waals surface area contributed by atoms with E-state index < -0.39 is 0 Å². The highest BCUT2D eigenvalue weighted by Crippen LogP contribution is 2.26. The molecule has 0 bridgehead atoms. The molecule has 2 aromatic heterocycles. The zero-order valence-electron chi connectivity index (χ0n) is 16.6. The molecular weight excluding hydrogens is 380 g/mol. The first-order valence-corrected chi connectivity index (χ1v) is 10.2. The van der Waals surface area contributed by atoms with Crippen molar-refractivity contribution in [2.75, 3.05) is 5.32 Å². The van der Waals surface area contributed by atoms with Gasteiger partial charge in [-0.2, -0.15) is 5.26 Å². The molecule has 0 aliphatic carbocycles. The molecular formula is C23H22N4OS. The molecule has 0 saturated heterocycles. The van der Waals surface area contributed by atoms with Crippen LogP contribution >= 0.6 is 11.8 Å². The first-order chi connectivity index (χ1) is 13.9. The average Bonchev–Trinajstić information content (AvgIpc) is 2.72. The number of nitriles is 1. The van der Waals surface area contributed by atoms with Gasteiger partial charge in [-0.1, -0.05) is 32.9 Å². The Hall–Kier alpha value is -3.17. The molecule has 0 atom stereocenters. The van der Waals surface area contributed by atoms with Gasteiger partial charge >= 0.3 is 0 Å². The third kappa shape index (κ3) is 5.43. The maximum Gasteiger partial charge on any atom is 0.258 e. The van der Waals surface area contributed by atoms with Crippen molar-refractivity contribution in [1.82, 2.24) is 9.97 Å². The molecule has 146 valence electrons. The van der Waals surface area contributed by atoms with E-state index in [2.05, 4.69) is 36.1 Å². The number of hydrogen-bond acceptors (Lipinski definition) is 5. The molecule has 0 spiro atoms. The van der Waals surface area contributed by atoms with Crippen molar-refractivity contribution in [2.24, 2.45) is 0 Å². The zero-order valence-corrected chi connectivity index (χ0v) is 17.5. The van der Waals surface area contributed by atoms with Gasteiger partial charge in [-0.25, -0.2) is 9.97 Å². The number of thioether (sulfide) groups is 1. The first kappa shape index (κ1) is 20.6. The van der Waals surface area contributed by atoms with Crippen molar-refractivity contribution in [3.63, 3.8) is 0 Å². The molecule has 0 fully saturated rings. The Morgan fingerprint density at radius 1 is 1.10 bits per heavy atom. The van der Waals surface area contributed by atoms with Crippen LogP contribution in [0.5, 0.6) is 0 Å². The second-order valence-electron chi connectivity index (χ2n) is 7.59. The van der Waals surface area contributed by atoms with E-state index in [-0.39, 0.29) is 11.3 Å². The molecule has 29 heavy (non-hydrogen) atoms. The van der Waals surface area contributed by atoms with Gasteiger partial charge in [0.15, 0.2) is 0 Å². The third-order valence-electron chi connectivity index (χ3n) is 4.34. The lowest BCUT2D eigenvalue weighted by molar-refractivity contribution is 0.102. The summed E-state index contributed by atoms with van der Waals surface area (Å²) in [5.74, 6) is 0.394. The summed E-state index contributed by atoms with van der Waals surface area (Å²) in [7, 11) is 0. The van der Waals surface area contributed by atoms with Gasteiger partial charge in [0, 0.05) is 23.8 Å². The topological polar surface area (TPSA) is 78.7 Å². The van der Waals surface area contributed by atoms with E-state index in [1.807, 2.05) is 36.4 Å². The lowest BCUT2D eigenvalue weighted by atomic mass is 9.87. The van der Waals surface area contributed by atoms with Crippen LogP contribution in [0, 0.1) is 11.3 Å². The van der Waals surface area contributed by atoms with Gasteiger partial charge in [-0.15, -0.1) is 11.8 Å². The maximum absolute atomic E-state index is 12.8. The third-order valence-corrected chi connectivity index (χ3v) is 5.42. The maximum atomic E-state index is 12.8. The van der Waals surface area contributed by atoms with Crippen LogP contribution in [-0.4, -0.2) is 15.9 Å². The minimum absolute atomic E-state index is 0.0636. The highest BCUT2D eigenvalue weighted by atomic mass is 32.2. The SMILES string of the molecule is CC(C)(C)c1ccc(NC(=O)c2cccnc2SCc2ccnc(C#N)c2)cc1. The molecule has 0 aliphatic heterocycles.